The zero-order chi connectivity index (χ0) is 19.0. The molecule has 1 aliphatic rings. The van der Waals surface area contributed by atoms with Crippen molar-refractivity contribution in [2.24, 2.45) is 0 Å². The van der Waals surface area contributed by atoms with Gasteiger partial charge < -0.3 is 14.8 Å². The number of nitrogens with zero attached hydrogens (tertiary/aromatic N) is 2. The van der Waals surface area contributed by atoms with Crippen LogP contribution in [-0.4, -0.2) is 22.0 Å². The zero-order valence-corrected chi connectivity index (χ0v) is 15.4. The Bertz CT molecular complexity index is 977. The summed E-state index contributed by atoms with van der Waals surface area (Å²) in [4.78, 5) is 14.9. The highest BCUT2D eigenvalue weighted by molar-refractivity contribution is 5.90. The summed E-state index contributed by atoms with van der Waals surface area (Å²) in [7, 11) is 0. The van der Waals surface area contributed by atoms with Crippen LogP contribution in [0.5, 0.6) is 0 Å². The van der Waals surface area contributed by atoms with Crippen LogP contribution in [0.25, 0.3) is 0 Å². The molecule has 0 bridgehead atoms. The van der Waals surface area contributed by atoms with E-state index in [1.807, 2.05) is 55.3 Å². The minimum atomic E-state index is -0.281. The Morgan fingerprint density at radius 2 is 1.81 bits per heavy atom. The van der Waals surface area contributed by atoms with Gasteiger partial charge in [-0.15, -0.1) is 0 Å². The lowest BCUT2D eigenvalue weighted by atomic mass is 10.00. The van der Waals surface area contributed by atoms with E-state index in [1.165, 1.54) is 17.7 Å². The highest BCUT2D eigenvalue weighted by atomic mass is 19.1. The van der Waals surface area contributed by atoms with Crippen LogP contribution in [0.15, 0.2) is 60.8 Å². The van der Waals surface area contributed by atoms with Crippen LogP contribution in [-0.2, 0) is 6.54 Å². The van der Waals surface area contributed by atoms with Gasteiger partial charge in [-0.25, -0.2) is 9.18 Å². The second-order valence-corrected chi connectivity index (χ2v) is 7.00. The van der Waals surface area contributed by atoms with E-state index >= 15 is 0 Å². The number of carbonyl (C=O) groups is 1. The third kappa shape index (κ3) is 3.33. The fourth-order valence-corrected chi connectivity index (χ4v) is 3.61. The molecule has 2 amide bonds. The van der Waals surface area contributed by atoms with Crippen molar-refractivity contribution in [1.29, 1.82) is 0 Å². The van der Waals surface area contributed by atoms with Gasteiger partial charge in [0.1, 0.15) is 5.82 Å². The van der Waals surface area contributed by atoms with Crippen molar-refractivity contribution < 1.29 is 9.18 Å². The lowest BCUT2D eigenvalue weighted by molar-refractivity contribution is 0.182. The summed E-state index contributed by atoms with van der Waals surface area (Å²) in [6.45, 7) is 5.39. The predicted octanol–water partition coefficient (Wildman–Crippen LogP) is 4.88. The number of amides is 2. The first-order valence-electron chi connectivity index (χ1n) is 9.08. The van der Waals surface area contributed by atoms with Gasteiger partial charge in [-0.05, 0) is 66.9 Å². The van der Waals surface area contributed by atoms with Crippen LogP contribution in [0.4, 0.5) is 14.9 Å². The van der Waals surface area contributed by atoms with Gasteiger partial charge in [-0.1, -0.05) is 18.2 Å². The van der Waals surface area contributed by atoms with Gasteiger partial charge in [-0.2, -0.15) is 0 Å². The topological polar surface area (TPSA) is 37.3 Å². The molecule has 0 aliphatic carbocycles. The molecule has 138 valence electrons. The first-order valence-corrected chi connectivity index (χ1v) is 9.08. The lowest BCUT2D eigenvalue weighted by Gasteiger charge is -2.37. The number of aromatic nitrogens is 1. The van der Waals surface area contributed by atoms with Crippen molar-refractivity contribution in [3.05, 3.63) is 89.0 Å². The molecule has 0 saturated carbocycles. The first-order chi connectivity index (χ1) is 13.0. The second-order valence-electron chi connectivity index (χ2n) is 7.00. The van der Waals surface area contributed by atoms with E-state index < -0.39 is 0 Å². The van der Waals surface area contributed by atoms with Gasteiger partial charge in [0, 0.05) is 30.7 Å². The molecule has 4 nitrogen and oxygen atoms in total. The molecule has 0 radical (unpaired) electrons. The summed E-state index contributed by atoms with van der Waals surface area (Å²) in [5.41, 5.74) is 5.03. The highest BCUT2D eigenvalue weighted by Crippen LogP contribution is 2.33. The van der Waals surface area contributed by atoms with E-state index in [0.717, 1.165) is 29.1 Å². The minimum absolute atomic E-state index is 0.153. The average molecular weight is 363 g/mol. The number of rotatable bonds is 2. The van der Waals surface area contributed by atoms with Crippen molar-refractivity contribution in [2.75, 3.05) is 11.9 Å². The molecule has 5 heteroatoms. The molecule has 0 spiro atoms. The first kappa shape index (κ1) is 17.3. The van der Waals surface area contributed by atoms with Crippen LogP contribution in [0.2, 0.25) is 0 Å². The van der Waals surface area contributed by atoms with Gasteiger partial charge in [-0.3, -0.25) is 0 Å². The Hall–Kier alpha value is -3.08. The summed E-state index contributed by atoms with van der Waals surface area (Å²) in [5.74, 6) is -0.281. The highest BCUT2D eigenvalue weighted by Gasteiger charge is 2.32. The fraction of sp³-hybridized carbons (Fsp3) is 0.227. The summed E-state index contributed by atoms with van der Waals surface area (Å²) in [6, 6.07) is 15.9. The predicted molar refractivity (Wildman–Crippen MR) is 104 cm³/mol. The van der Waals surface area contributed by atoms with Gasteiger partial charge in [0.2, 0.25) is 0 Å². The van der Waals surface area contributed by atoms with Crippen molar-refractivity contribution >= 4 is 11.7 Å². The molecular weight excluding hydrogens is 341 g/mol. The zero-order valence-electron chi connectivity index (χ0n) is 15.4. The Kier molecular flexibility index (Phi) is 4.44. The largest absolute Gasteiger partial charge is 0.348 e. The van der Waals surface area contributed by atoms with E-state index in [1.54, 1.807) is 12.1 Å². The summed E-state index contributed by atoms with van der Waals surface area (Å²) < 4.78 is 15.6. The number of fused-ring (bicyclic) bond motifs is 1. The molecular formula is C22H22FN3O. The molecule has 27 heavy (non-hydrogen) atoms. The number of nitrogens with one attached hydrogen (secondary N) is 1. The monoisotopic (exact) mass is 363 g/mol. The van der Waals surface area contributed by atoms with Gasteiger partial charge in [0.05, 0.1) is 6.04 Å². The number of hydrogen-bond acceptors (Lipinski definition) is 1. The van der Waals surface area contributed by atoms with Crippen molar-refractivity contribution in [2.45, 2.75) is 26.4 Å². The van der Waals surface area contributed by atoms with E-state index in [-0.39, 0.29) is 17.9 Å². The maximum Gasteiger partial charge on any atom is 0.322 e. The number of halogens is 1. The molecule has 1 aliphatic heterocycles. The molecule has 2 aromatic carbocycles. The maximum absolute atomic E-state index is 13.4. The molecule has 1 unspecified atom stereocenters. The molecule has 0 fully saturated rings. The molecule has 2 heterocycles. The van der Waals surface area contributed by atoms with Crippen LogP contribution < -0.4 is 5.32 Å². The van der Waals surface area contributed by atoms with E-state index in [0.29, 0.717) is 6.54 Å². The number of anilines is 1. The molecule has 1 N–H and O–H groups in total. The Balaban J connectivity index is 1.66. The van der Waals surface area contributed by atoms with Crippen molar-refractivity contribution in [3.8, 4) is 0 Å². The number of benzene rings is 2. The van der Waals surface area contributed by atoms with Crippen molar-refractivity contribution in [3.63, 3.8) is 0 Å². The number of hydrogen-bond donors (Lipinski definition) is 1. The van der Waals surface area contributed by atoms with Crippen LogP contribution >= 0.6 is 0 Å². The SMILES string of the molecule is Cc1ccc(NC(=O)N2CCn3cccc3C2c2ccc(F)cc2)cc1C. The average Bonchev–Trinajstić information content (AvgIpc) is 3.13. The fourth-order valence-electron chi connectivity index (χ4n) is 3.61. The summed E-state index contributed by atoms with van der Waals surface area (Å²) in [5, 5.41) is 3.02. The maximum atomic E-state index is 13.4. The van der Waals surface area contributed by atoms with Crippen molar-refractivity contribution in [1.82, 2.24) is 9.47 Å². The third-order valence-electron chi connectivity index (χ3n) is 5.24. The van der Waals surface area contributed by atoms with Crippen LogP contribution in [0.3, 0.4) is 0 Å². The summed E-state index contributed by atoms with van der Waals surface area (Å²) >= 11 is 0. The molecule has 4 rings (SSSR count). The number of urea groups is 1. The van der Waals surface area contributed by atoms with Gasteiger partial charge in [0.25, 0.3) is 0 Å². The number of carbonyl (C=O) groups excluding carboxylic acids is 1. The Labute approximate surface area is 158 Å². The minimum Gasteiger partial charge on any atom is -0.348 e. The second kappa shape index (κ2) is 6.91. The standard InChI is InChI=1S/C22H22FN3O/c1-15-5-10-19(14-16(15)2)24-22(27)26-13-12-25-11-3-4-20(25)21(26)17-6-8-18(23)9-7-17/h3-11,14,21H,12-13H2,1-2H3,(H,24,27). The van der Waals surface area contributed by atoms with E-state index in [2.05, 4.69) is 9.88 Å². The normalized spacial score (nSPS) is 16.1. The Morgan fingerprint density at radius 3 is 2.56 bits per heavy atom. The van der Waals surface area contributed by atoms with E-state index in [9.17, 15) is 9.18 Å². The van der Waals surface area contributed by atoms with E-state index in [4.69, 9.17) is 0 Å². The lowest BCUT2D eigenvalue weighted by Crippen LogP contribution is -2.44. The molecule has 1 atom stereocenters. The van der Waals surface area contributed by atoms with Gasteiger partial charge in [0.15, 0.2) is 0 Å². The molecule has 1 aromatic heterocycles. The number of aryl methyl sites for hydroxylation is 2. The molecule has 3 aromatic rings. The van der Waals surface area contributed by atoms with Gasteiger partial charge >= 0.3 is 6.03 Å². The Morgan fingerprint density at radius 1 is 1.04 bits per heavy atom. The summed E-state index contributed by atoms with van der Waals surface area (Å²) in [6.07, 6.45) is 2.02. The smallest absolute Gasteiger partial charge is 0.322 e. The van der Waals surface area contributed by atoms with Crippen LogP contribution in [0.1, 0.15) is 28.4 Å². The third-order valence-corrected chi connectivity index (χ3v) is 5.24. The quantitative estimate of drug-likeness (QED) is 0.692. The van der Waals surface area contributed by atoms with Crippen LogP contribution in [0, 0.1) is 19.7 Å². The molecule has 0 saturated heterocycles.